The van der Waals surface area contributed by atoms with Gasteiger partial charge in [0.2, 0.25) is 11.5 Å². The third-order valence-electron chi connectivity index (χ3n) is 2.87. The van der Waals surface area contributed by atoms with Crippen molar-refractivity contribution < 1.29 is 9.53 Å². The van der Waals surface area contributed by atoms with Gasteiger partial charge in [-0.25, -0.2) is 0 Å². The maximum absolute atomic E-state index is 11.5. The molecule has 2 aromatic rings. The zero-order valence-corrected chi connectivity index (χ0v) is 10.9. The predicted octanol–water partition coefficient (Wildman–Crippen LogP) is 1.68. The number of fused-ring (bicyclic) bond motifs is 1. The Morgan fingerprint density at radius 2 is 2.16 bits per heavy atom. The molecule has 0 aliphatic rings. The third-order valence-corrected chi connectivity index (χ3v) is 2.87. The number of rotatable bonds is 4. The summed E-state index contributed by atoms with van der Waals surface area (Å²) < 4.78 is 4.75. The number of benzene rings is 1. The summed E-state index contributed by atoms with van der Waals surface area (Å²) in [6, 6.07) is 7.06. The number of hydrogen-bond donors (Lipinski definition) is 2. The minimum Gasteiger partial charge on any atom is -0.375 e. The summed E-state index contributed by atoms with van der Waals surface area (Å²) >= 11 is 0. The van der Waals surface area contributed by atoms with E-state index in [1.54, 1.807) is 12.1 Å². The molecule has 0 saturated heterocycles. The van der Waals surface area contributed by atoms with Crippen LogP contribution < -0.4 is 10.9 Å². The Morgan fingerprint density at radius 3 is 2.84 bits per heavy atom. The second-order valence-electron chi connectivity index (χ2n) is 4.25. The molecule has 0 bridgehead atoms. The van der Waals surface area contributed by atoms with Crippen molar-refractivity contribution in [3.63, 3.8) is 0 Å². The van der Waals surface area contributed by atoms with Crippen molar-refractivity contribution in [2.75, 3.05) is 19.0 Å². The molecular weight excluding hydrogens is 244 g/mol. The molecule has 0 spiro atoms. The molecule has 5 nitrogen and oxygen atoms in total. The van der Waals surface area contributed by atoms with Gasteiger partial charge in [0.1, 0.15) is 6.61 Å². The summed E-state index contributed by atoms with van der Waals surface area (Å²) in [4.78, 5) is 25.7. The number of aryl methyl sites for hydroxylation is 1. The summed E-state index contributed by atoms with van der Waals surface area (Å²) in [5, 5.41) is 3.70. The van der Waals surface area contributed by atoms with Gasteiger partial charge >= 0.3 is 0 Å². The molecule has 5 heteroatoms. The van der Waals surface area contributed by atoms with Gasteiger partial charge in [-0.05, 0) is 24.1 Å². The number of methoxy groups -OCH3 is 1. The van der Waals surface area contributed by atoms with Gasteiger partial charge in [0.15, 0.2) is 0 Å². The third kappa shape index (κ3) is 3.00. The molecule has 0 aliphatic carbocycles. The quantitative estimate of drug-likeness (QED) is 0.878. The van der Waals surface area contributed by atoms with Crippen LogP contribution in [0.25, 0.3) is 10.9 Å². The number of ether oxygens (including phenoxy) is 1. The van der Waals surface area contributed by atoms with E-state index in [1.807, 2.05) is 19.1 Å². The average Bonchev–Trinajstić information content (AvgIpc) is 2.37. The van der Waals surface area contributed by atoms with Gasteiger partial charge in [-0.2, -0.15) is 0 Å². The normalized spacial score (nSPS) is 10.6. The van der Waals surface area contributed by atoms with E-state index in [4.69, 9.17) is 4.74 Å². The van der Waals surface area contributed by atoms with E-state index in [2.05, 4.69) is 10.3 Å². The van der Waals surface area contributed by atoms with Gasteiger partial charge in [0, 0.05) is 24.2 Å². The van der Waals surface area contributed by atoms with Gasteiger partial charge < -0.3 is 15.0 Å². The first-order chi connectivity index (χ1) is 9.13. The SMILES string of the molecule is CCc1cc(=O)[nH]c2cc(NC(=O)COC)ccc12. The second kappa shape index (κ2) is 5.67. The molecule has 1 amide bonds. The zero-order chi connectivity index (χ0) is 13.8. The average molecular weight is 260 g/mol. The number of carbonyl (C=O) groups excluding carboxylic acids is 1. The van der Waals surface area contributed by atoms with E-state index >= 15 is 0 Å². The number of carbonyl (C=O) groups is 1. The van der Waals surface area contributed by atoms with Crippen molar-refractivity contribution in [2.45, 2.75) is 13.3 Å². The van der Waals surface area contributed by atoms with Crippen LogP contribution in [0.1, 0.15) is 12.5 Å². The van der Waals surface area contributed by atoms with Crippen LogP contribution in [0, 0.1) is 0 Å². The Morgan fingerprint density at radius 1 is 1.37 bits per heavy atom. The molecule has 0 saturated carbocycles. The molecular formula is C14H16N2O3. The summed E-state index contributed by atoms with van der Waals surface area (Å²) in [5.41, 5.74) is 2.22. The molecule has 0 fully saturated rings. The van der Waals surface area contributed by atoms with Crippen molar-refractivity contribution in [1.82, 2.24) is 4.98 Å². The fraction of sp³-hybridized carbons (Fsp3) is 0.286. The number of pyridine rings is 1. The molecule has 0 aliphatic heterocycles. The van der Waals surface area contributed by atoms with E-state index in [0.717, 1.165) is 22.9 Å². The number of H-pyrrole nitrogens is 1. The highest BCUT2D eigenvalue weighted by atomic mass is 16.5. The van der Waals surface area contributed by atoms with Gasteiger partial charge in [-0.1, -0.05) is 13.0 Å². The van der Waals surface area contributed by atoms with Crippen LogP contribution in [0.3, 0.4) is 0 Å². The first kappa shape index (κ1) is 13.3. The number of hydrogen-bond acceptors (Lipinski definition) is 3. The molecule has 1 aromatic heterocycles. The van der Waals surface area contributed by atoms with Crippen LogP contribution in [-0.4, -0.2) is 24.6 Å². The minimum absolute atomic E-state index is 0.00353. The molecule has 2 N–H and O–H groups in total. The predicted molar refractivity (Wildman–Crippen MR) is 74.5 cm³/mol. The van der Waals surface area contributed by atoms with Crippen molar-refractivity contribution in [1.29, 1.82) is 0 Å². The van der Waals surface area contributed by atoms with E-state index in [0.29, 0.717) is 5.69 Å². The highest BCUT2D eigenvalue weighted by molar-refractivity contribution is 5.94. The Bertz CT molecular complexity index is 661. The molecule has 0 atom stereocenters. The highest BCUT2D eigenvalue weighted by Crippen LogP contribution is 2.19. The largest absolute Gasteiger partial charge is 0.375 e. The van der Waals surface area contributed by atoms with Gasteiger partial charge in [-0.15, -0.1) is 0 Å². The number of aromatic amines is 1. The number of amides is 1. The van der Waals surface area contributed by atoms with Crippen LogP contribution in [0.5, 0.6) is 0 Å². The fourth-order valence-corrected chi connectivity index (χ4v) is 2.03. The van der Waals surface area contributed by atoms with Crippen LogP contribution in [0.15, 0.2) is 29.1 Å². The summed E-state index contributed by atoms with van der Waals surface area (Å²) in [5.74, 6) is -0.226. The number of aromatic nitrogens is 1. The summed E-state index contributed by atoms with van der Waals surface area (Å²) in [6.45, 7) is 2.01. The number of nitrogens with one attached hydrogen (secondary N) is 2. The first-order valence-electron chi connectivity index (χ1n) is 6.08. The maximum atomic E-state index is 11.5. The summed E-state index contributed by atoms with van der Waals surface area (Å²) in [6.07, 6.45) is 0.788. The van der Waals surface area contributed by atoms with Crippen LogP contribution in [0.4, 0.5) is 5.69 Å². The van der Waals surface area contributed by atoms with Gasteiger partial charge in [0.25, 0.3) is 0 Å². The lowest BCUT2D eigenvalue weighted by Gasteiger charge is -2.08. The lowest BCUT2D eigenvalue weighted by Crippen LogP contribution is -2.17. The first-order valence-corrected chi connectivity index (χ1v) is 6.08. The molecule has 19 heavy (non-hydrogen) atoms. The van der Waals surface area contributed by atoms with Crippen molar-refractivity contribution in [3.05, 3.63) is 40.2 Å². The molecule has 2 rings (SSSR count). The summed E-state index contributed by atoms with van der Waals surface area (Å²) in [7, 11) is 1.46. The minimum atomic E-state index is -0.226. The van der Waals surface area contributed by atoms with E-state index < -0.39 is 0 Å². The van der Waals surface area contributed by atoms with E-state index in [9.17, 15) is 9.59 Å². The Labute approximate surface area is 110 Å². The van der Waals surface area contributed by atoms with E-state index in [1.165, 1.54) is 7.11 Å². The smallest absolute Gasteiger partial charge is 0.250 e. The lowest BCUT2D eigenvalue weighted by atomic mass is 10.1. The molecule has 100 valence electrons. The maximum Gasteiger partial charge on any atom is 0.250 e. The topological polar surface area (TPSA) is 71.2 Å². The lowest BCUT2D eigenvalue weighted by molar-refractivity contribution is -0.119. The zero-order valence-electron chi connectivity index (χ0n) is 10.9. The molecule has 1 aromatic carbocycles. The number of anilines is 1. The van der Waals surface area contributed by atoms with Gasteiger partial charge in [0.05, 0.1) is 5.52 Å². The van der Waals surface area contributed by atoms with Crippen molar-refractivity contribution in [3.8, 4) is 0 Å². The van der Waals surface area contributed by atoms with Crippen molar-refractivity contribution in [2.24, 2.45) is 0 Å². The van der Waals surface area contributed by atoms with Crippen LogP contribution in [0.2, 0.25) is 0 Å². The van der Waals surface area contributed by atoms with Crippen LogP contribution >= 0.6 is 0 Å². The molecule has 0 radical (unpaired) electrons. The Balaban J connectivity index is 2.40. The monoisotopic (exact) mass is 260 g/mol. The Hall–Kier alpha value is -2.14. The molecule has 1 heterocycles. The van der Waals surface area contributed by atoms with Crippen LogP contribution in [-0.2, 0) is 16.0 Å². The van der Waals surface area contributed by atoms with Gasteiger partial charge in [-0.3, -0.25) is 9.59 Å². The van der Waals surface area contributed by atoms with Crippen molar-refractivity contribution >= 4 is 22.5 Å². The van der Waals surface area contributed by atoms with E-state index in [-0.39, 0.29) is 18.1 Å². The Kier molecular flexibility index (Phi) is 3.97. The fourth-order valence-electron chi connectivity index (χ4n) is 2.03. The molecule has 0 unspecified atom stereocenters. The standard InChI is InChI=1S/C14H16N2O3/c1-3-9-6-13(17)16-12-7-10(4-5-11(9)12)15-14(18)8-19-2/h4-7H,3,8H2,1-2H3,(H,15,18)(H,16,17). The highest BCUT2D eigenvalue weighted by Gasteiger charge is 2.05. The second-order valence-corrected chi connectivity index (χ2v) is 4.25.